The van der Waals surface area contributed by atoms with Gasteiger partial charge >= 0.3 is 5.97 Å². The third-order valence-corrected chi connectivity index (χ3v) is 4.65. The summed E-state index contributed by atoms with van der Waals surface area (Å²) >= 11 is 0. The van der Waals surface area contributed by atoms with Crippen molar-refractivity contribution >= 4 is 5.97 Å². The minimum absolute atomic E-state index is 0.162. The summed E-state index contributed by atoms with van der Waals surface area (Å²) in [5.74, 6) is 0.479. The van der Waals surface area contributed by atoms with Crippen LogP contribution in [0.4, 0.5) is 0 Å². The summed E-state index contributed by atoms with van der Waals surface area (Å²) < 4.78 is 4.65. The van der Waals surface area contributed by atoms with E-state index in [2.05, 4.69) is 30.1 Å². The number of hydrogen-bond acceptors (Lipinski definition) is 6. The highest BCUT2D eigenvalue weighted by Gasteiger charge is 2.49. The Bertz CT molecular complexity index is 689. The average molecular weight is 303 g/mol. The molecule has 2 aromatic rings. The van der Waals surface area contributed by atoms with Gasteiger partial charge in [0.25, 0.3) is 0 Å². The van der Waals surface area contributed by atoms with E-state index in [1.807, 2.05) is 0 Å². The van der Waals surface area contributed by atoms with Crippen LogP contribution in [0.15, 0.2) is 4.63 Å². The highest BCUT2D eigenvalue weighted by atomic mass is 16.6. The molecule has 0 radical (unpaired) electrons. The Kier molecular flexibility index (Phi) is 2.98. The summed E-state index contributed by atoms with van der Waals surface area (Å²) in [5.41, 5.74) is 1.03. The zero-order valence-corrected chi connectivity index (χ0v) is 12.2. The zero-order valence-electron chi connectivity index (χ0n) is 12.2. The van der Waals surface area contributed by atoms with E-state index in [0.717, 1.165) is 25.7 Å². The van der Waals surface area contributed by atoms with Gasteiger partial charge < -0.3 is 5.11 Å². The fraction of sp³-hybridized carbons (Fsp3) is 0.643. The molecule has 116 valence electrons. The number of carboxylic acid groups (broad SMARTS) is 1. The lowest BCUT2D eigenvalue weighted by Gasteiger charge is -2.21. The van der Waals surface area contributed by atoms with Crippen molar-refractivity contribution < 1.29 is 14.5 Å². The lowest BCUT2D eigenvalue weighted by molar-refractivity contribution is -0.141. The van der Waals surface area contributed by atoms with Crippen LogP contribution in [-0.2, 0) is 4.79 Å². The second-order valence-corrected chi connectivity index (χ2v) is 6.31. The number of aryl methyl sites for hydroxylation is 1. The van der Waals surface area contributed by atoms with Crippen molar-refractivity contribution in [2.24, 2.45) is 17.8 Å². The maximum atomic E-state index is 11.8. The van der Waals surface area contributed by atoms with Gasteiger partial charge in [0.05, 0.1) is 0 Å². The van der Waals surface area contributed by atoms with Crippen molar-refractivity contribution in [1.82, 2.24) is 25.5 Å². The lowest BCUT2D eigenvalue weighted by atomic mass is 9.83. The molecule has 0 aliphatic heterocycles. The standard InChI is InChI=1S/C14H17N5O3/c1-6-11(19-22-18-6)13-15-12(16-17-13)10(14(20)21)9(7-2-3-7)8-4-5-8/h7-10H,2-5H2,1H3,(H,20,21)(H,15,16,17). The predicted molar refractivity (Wildman–Crippen MR) is 73.7 cm³/mol. The van der Waals surface area contributed by atoms with Crippen molar-refractivity contribution in [3.63, 3.8) is 0 Å². The van der Waals surface area contributed by atoms with E-state index in [1.165, 1.54) is 0 Å². The molecule has 2 aromatic heterocycles. The van der Waals surface area contributed by atoms with Crippen molar-refractivity contribution in [2.75, 3.05) is 0 Å². The Balaban J connectivity index is 1.67. The number of carboxylic acids is 1. The molecule has 0 spiro atoms. The number of aromatic nitrogens is 5. The maximum absolute atomic E-state index is 11.8. The van der Waals surface area contributed by atoms with Gasteiger partial charge in [0.15, 0.2) is 5.69 Å². The fourth-order valence-corrected chi connectivity index (χ4v) is 3.31. The topological polar surface area (TPSA) is 118 Å². The first kappa shape index (κ1) is 13.4. The van der Waals surface area contributed by atoms with Gasteiger partial charge in [-0.25, -0.2) is 9.61 Å². The molecule has 8 nitrogen and oxygen atoms in total. The molecule has 2 fully saturated rings. The Morgan fingerprint density at radius 3 is 2.45 bits per heavy atom. The predicted octanol–water partition coefficient (Wildman–Crippen LogP) is 1.77. The largest absolute Gasteiger partial charge is 0.481 e. The lowest BCUT2D eigenvalue weighted by Crippen LogP contribution is -2.26. The quantitative estimate of drug-likeness (QED) is 0.834. The third-order valence-electron chi connectivity index (χ3n) is 4.65. The van der Waals surface area contributed by atoms with Crippen LogP contribution in [0.25, 0.3) is 11.5 Å². The van der Waals surface area contributed by atoms with Crippen LogP contribution in [0, 0.1) is 24.7 Å². The number of nitrogens with zero attached hydrogens (tertiary/aromatic N) is 4. The molecular formula is C14H17N5O3. The van der Waals surface area contributed by atoms with Gasteiger partial charge in [0.1, 0.15) is 17.4 Å². The van der Waals surface area contributed by atoms with Crippen LogP contribution in [0.2, 0.25) is 0 Å². The van der Waals surface area contributed by atoms with Crippen molar-refractivity contribution in [3.05, 3.63) is 11.5 Å². The fourth-order valence-electron chi connectivity index (χ4n) is 3.31. The number of rotatable bonds is 6. The number of hydrogen-bond donors (Lipinski definition) is 2. The first-order valence-corrected chi connectivity index (χ1v) is 7.59. The normalized spacial score (nSPS) is 19.5. The zero-order chi connectivity index (χ0) is 15.3. The maximum Gasteiger partial charge on any atom is 0.314 e. The smallest absolute Gasteiger partial charge is 0.314 e. The van der Waals surface area contributed by atoms with E-state index in [9.17, 15) is 9.90 Å². The van der Waals surface area contributed by atoms with Gasteiger partial charge in [-0.05, 0) is 55.5 Å². The molecule has 2 N–H and O–H groups in total. The van der Waals surface area contributed by atoms with E-state index in [4.69, 9.17) is 0 Å². The number of carbonyl (C=O) groups is 1. The van der Waals surface area contributed by atoms with Gasteiger partial charge in [-0.15, -0.1) is 0 Å². The first-order chi connectivity index (χ1) is 10.6. The van der Waals surface area contributed by atoms with Crippen LogP contribution in [0.5, 0.6) is 0 Å². The first-order valence-electron chi connectivity index (χ1n) is 7.59. The molecule has 0 aromatic carbocycles. The molecule has 1 atom stereocenters. The molecule has 2 aliphatic carbocycles. The number of aromatic amines is 1. The number of aliphatic carboxylic acids is 1. The second-order valence-electron chi connectivity index (χ2n) is 6.31. The van der Waals surface area contributed by atoms with Gasteiger partial charge in [-0.2, -0.15) is 5.10 Å². The summed E-state index contributed by atoms with van der Waals surface area (Å²) in [7, 11) is 0. The number of nitrogens with one attached hydrogen (secondary N) is 1. The number of H-pyrrole nitrogens is 1. The van der Waals surface area contributed by atoms with E-state index in [-0.39, 0.29) is 5.92 Å². The SMILES string of the molecule is Cc1nonc1-c1n[nH]c(C(C(=O)O)C(C2CC2)C2CC2)n1. The highest BCUT2D eigenvalue weighted by Crippen LogP contribution is 2.54. The molecule has 1 unspecified atom stereocenters. The molecular weight excluding hydrogens is 286 g/mol. The van der Waals surface area contributed by atoms with Gasteiger partial charge in [0, 0.05) is 0 Å². The summed E-state index contributed by atoms with van der Waals surface area (Å²) in [6.45, 7) is 1.74. The van der Waals surface area contributed by atoms with Gasteiger partial charge in [0.2, 0.25) is 5.82 Å². The van der Waals surface area contributed by atoms with Crippen LogP contribution >= 0.6 is 0 Å². The molecule has 2 saturated carbocycles. The van der Waals surface area contributed by atoms with Gasteiger partial charge in [-0.1, -0.05) is 5.16 Å². The average Bonchev–Trinajstić information content (AvgIpc) is 3.40. The molecule has 4 rings (SSSR count). The summed E-state index contributed by atoms with van der Waals surface area (Å²) in [6.07, 6.45) is 4.49. The Hall–Kier alpha value is -2.25. The Morgan fingerprint density at radius 2 is 1.95 bits per heavy atom. The van der Waals surface area contributed by atoms with E-state index >= 15 is 0 Å². The molecule has 2 aliphatic rings. The molecule has 2 heterocycles. The van der Waals surface area contributed by atoms with E-state index in [0.29, 0.717) is 34.9 Å². The Labute approximate surface area is 126 Å². The van der Waals surface area contributed by atoms with Crippen molar-refractivity contribution in [1.29, 1.82) is 0 Å². The molecule has 0 saturated heterocycles. The Morgan fingerprint density at radius 1 is 1.27 bits per heavy atom. The van der Waals surface area contributed by atoms with Crippen LogP contribution in [-0.4, -0.2) is 36.6 Å². The molecule has 22 heavy (non-hydrogen) atoms. The summed E-state index contributed by atoms with van der Waals surface area (Å²) in [6, 6.07) is 0. The summed E-state index contributed by atoms with van der Waals surface area (Å²) in [4.78, 5) is 16.2. The van der Waals surface area contributed by atoms with Crippen molar-refractivity contribution in [3.8, 4) is 11.5 Å². The van der Waals surface area contributed by atoms with Crippen LogP contribution in [0.3, 0.4) is 0 Å². The van der Waals surface area contributed by atoms with Gasteiger partial charge in [-0.3, -0.25) is 9.89 Å². The second kappa shape index (κ2) is 4.89. The van der Waals surface area contributed by atoms with Crippen molar-refractivity contribution in [2.45, 2.75) is 38.5 Å². The van der Waals surface area contributed by atoms with E-state index < -0.39 is 11.9 Å². The molecule has 0 amide bonds. The minimum Gasteiger partial charge on any atom is -0.481 e. The summed E-state index contributed by atoms with van der Waals surface area (Å²) in [5, 5.41) is 24.1. The minimum atomic E-state index is -0.832. The monoisotopic (exact) mass is 303 g/mol. The van der Waals surface area contributed by atoms with Crippen LogP contribution < -0.4 is 0 Å². The molecule has 0 bridgehead atoms. The third kappa shape index (κ3) is 2.28. The van der Waals surface area contributed by atoms with E-state index in [1.54, 1.807) is 6.92 Å². The molecule has 8 heteroatoms. The van der Waals surface area contributed by atoms with Crippen LogP contribution in [0.1, 0.15) is 43.1 Å². The highest BCUT2D eigenvalue weighted by molar-refractivity contribution is 5.75.